The first-order valence-electron chi connectivity index (χ1n) is 11.6. The van der Waals surface area contributed by atoms with Gasteiger partial charge in [-0.05, 0) is 68.9 Å². The van der Waals surface area contributed by atoms with Crippen LogP contribution < -0.4 is 21.9 Å². The van der Waals surface area contributed by atoms with Crippen LogP contribution in [0.15, 0.2) is 9.59 Å². The Balaban J connectivity index is 2.39. The highest BCUT2D eigenvalue weighted by atomic mass is 16.5. The van der Waals surface area contributed by atoms with E-state index < -0.39 is 29.7 Å². The smallest absolute Gasteiger partial charge is 0.339 e. The van der Waals surface area contributed by atoms with E-state index in [4.69, 9.17) is 15.2 Å². The minimum atomic E-state index is -0.799. The molecule has 35 heavy (non-hydrogen) atoms. The molecule has 0 fully saturated rings. The molecule has 0 atom stereocenters. The van der Waals surface area contributed by atoms with Crippen molar-refractivity contribution in [3.63, 3.8) is 0 Å². The summed E-state index contributed by atoms with van der Waals surface area (Å²) in [5.74, 6) is -1.41. The number of nitrogens with zero attached hydrogens (tertiary/aromatic N) is 2. The first-order valence-corrected chi connectivity index (χ1v) is 11.6. The van der Waals surface area contributed by atoms with Gasteiger partial charge in [0.15, 0.2) is 12.3 Å². The maximum Gasteiger partial charge on any atom is 0.339 e. The molecule has 1 aromatic heterocycles. The van der Waals surface area contributed by atoms with Crippen LogP contribution in [-0.2, 0) is 20.8 Å². The average Bonchev–Trinajstić information content (AvgIpc) is 2.81. The standard InChI is InChI=1S/C25H36N4O6/c1-8-9-10-29-22(26)21(23(31)27-25(29)33)28(11-12-34-7)19(30)13-35-24(32)20-17(5)15(3)14(2)16(4)18(20)6/h8-13,26H2,1-7H3,(H,27,31,33). The number of nitrogens with two attached hydrogens (primary N) is 1. The molecule has 1 aromatic carbocycles. The van der Waals surface area contributed by atoms with Crippen LogP contribution in [0.4, 0.5) is 11.5 Å². The Morgan fingerprint density at radius 2 is 1.57 bits per heavy atom. The van der Waals surface area contributed by atoms with Crippen LogP contribution >= 0.6 is 0 Å². The molecule has 0 unspecified atom stereocenters. The maximum absolute atomic E-state index is 13.2. The topological polar surface area (TPSA) is 137 Å². The Bertz CT molecular complexity index is 1200. The first-order chi connectivity index (χ1) is 16.5. The second kappa shape index (κ2) is 11.8. The zero-order valence-electron chi connectivity index (χ0n) is 21.7. The molecule has 1 heterocycles. The van der Waals surface area contributed by atoms with Crippen molar-refractivity contribution in [2.45, 2.75) is 60.9 Å². The zero-order chi connectivity index (χ0) is 26.4. The summed E-state index contributed by atoms with van der Waals surface area (Å²) in [6.45, 7) is 11.3. The number of hydrogen-bond donors (Lipinski definition) is 2. The number of carbonyl (C=O) groups is 2. The Morgan fingerprint density at radius 1 is 1.00 bits per heavy atom. The van der Waals surface area contributed by atoms with E-state index in [1.165, 1.54) is 11.7 Å². The summed E-state index contributed by atoms with van der Waals surface area (Å²) < 4.78 is 11.7. The number of aromatic nitrogens is 2. The van der Waals surface area contributed by atoms with E-state index in [2.05, 4.69) is 4.98 Å². The Kier molecular flexibility index (Phi) is 9.41. The number of benzene rings is 1. The third kappa shape index (κ3) is 5.82. The van der Waals surface area contributed by atoms with Crippen LogP contribution in [0, 0.1) is 34.6 Å². The van der Waals surface area contributed by atoms with E-state index in [9.17, 15) is 19.2 Å². The van der Waals surface area contributed by atoms with Crippen molar-refractivity contribution in [3.05, 3.63) is 54.2 Å². The van der Waals surface area contributed by atoms with Gasteiger partial charge in [0.2, 0.25) is 0 Å². The van der Waals surface area contributed by atoms with Gasteiger partial charge in [0.25, 0.3) is 11.5 Å². The van der Waals surface area contributed by atoms with Crippen molar-refractivity contribution in [1.29, 1.82) is 0 Å². The van der Waals surface area contributed by atoms with Gasteiger partial charge >= 0.3 is 11.7 Å². The van der Waals surface area contributed by atoms with Gasteiger partial charge < -0.3 is 15.2 Å². The number of esters is 1. The molecule has 192 valence electrons. The van der Waals surface area contributed by atoms with Gasteiger partial charge in [-0.2, -0.15) is 0 Å². The van der Waals surface area contributed by atoms with Crippen molar-refractivity contribution in [2.75, 3.05) is 37.5 Å². The zero-order valence-corrected chi connectivity index (χ0v) is 21.7. The molecule has 10 heteroatoms. The number of nitrogen functional groups attached to an aromatic ring is 1. The summed E-state index contributed by atoms with van der Waals surface area (Å²) in [6, 6.07) is 0. The highest BCUT2D eigenvalue weighted by molar-refractivity contribution is 5.99. The molecular weight excluding hydrogens is 452 g/mol. The highest BCUT2D eigenvalue weighted by Gasteiger charge is 2.26. The van der Waals surface area contributed by atoms with Gasteiger partial charge in [0, 0.05) is 20.2 Å². The average molecular weight is 489 g/mol. The van der Waals surface area contributed by atoms with Crippen LogP contribution in [0.3, 0.4) is 0 Å². The fourth-order valence-corrected chi connectivity index (χ4v) is 4.00. The number of amides is 1. The molecule has 0 aliphatic heterocycles. The van der Waals surface area contributed by atoms with E-state index >= 15 is 0 Å². The Hall–Kier alpha value is -3.40. The van der Waals surface area contributed by atoms with Crippen molar-refractivity contribution in [1.82, 2.24) is 9.55 Å². The number of carbonyl (C=O) groups excluding carboxylic acids is 2. The van der Waals surface area contributed by atoms with Crippen LogP contribution in [-0.4, -0.2) is 48.3 Å². The molecule has 10 nitrogen and oxygen atoms in total. The molecule has 1 amide bonds. The number of anilines is 2. The quantitative estimate of drug-likeness (QED) is 0.490. The van der Waals surface area contributed by atoms with Gasteiger partial charge in [-0.15, -0.1) is 0 Å². The third-order valence-electron chi connectivity index (χ3n) is 6.57. The van der Waals surface area contributed by atoms with Crippen LogP contribution in [0.1, 0.15) is 57.9 Å². The number of unbranched alkanes of at least 4 members (excludes halogenated alkanes) is 1. The summed E-state index contributed by atoms with van der Waals surface area (Å²) in [7, 11) is 1.45. The fraction of sp³-hybridized carbons (Fsp3) is 0.520. The normalized spacial score (nSPS) is 10.9. The second-order valence-electron chi connectivity index (χ2n) is 8.61. The van der Waals surface area contributed by atoms with Crippen molar-refractivity contribution in [2.24, 2.45) is 0 Å². The van der Waals surface area contributed by atoms with Gasteiger partial charge in [0.1, 0.15) is 5.82 Å². The summed E-state index contributed by atoms with van der Waals surface area (Å²) >= 11 is 0. The van der Waals surface area contributed by atoms with Crippen LogP contribution in [0.2, 0.25) is 0 Å². The monoisotopic (exact) mass is 488 g/mol. The number of H-pyrrole nitrogens is 1. The number of nitrogens with one attached hydrogen (secondary N) is 1. The lowest BCUT2D eigenvalue weighted by atomic mass is 9.90. The number of ether oxygens (including phenoxy) is 2. The highest BCUT2D eigenvalue weighted by Crippen LogP contribution is 2.26. The maximum atomic E-state index is 13.2. The Morgan fingerprint density at radius 3 is 2.11 bits per heavy atom. The van der Waals surface area contributed by atoms with E-state index in [0.29, 0.717) is 12.0 Å². The van der Waals surface area contributed by atoms with E-state index in [1.54, 1.807) is 0 Å². The molecular formula is C25H36N4O6. The minimum Gasteiger partial charge on any atom is -0.452 e. The number of rotatable bonds is 10. The lowest BCUT2D eigenvalue weighted by Crippen LogP contribution is -2.44. The summed E-state index contributed by atoms with van der Waals surface area (Å²) in [5.41, 5.74) is 9.64. The summed E-state index contributed by atoms with van der Waals surface area (Å²) in [4.78, 5) is 54.4. The molecule has 3 N–H and O–H groups in total. The first kappa shape index (κ1) is 27.8. The van der Waals surface area contributed by atoms with E-state index in [1.807, 2.05) is 41.5 Å². The van der Waals surface area contributed by atoms with Gasteiger partial charge in [-0.3, -0.25) is 24.0 Å². The molecule has 0 aliphatic rings. The van der Waals surface area contributed by atoms with E-state index in [-0.39, 0.29) is 31.2 Å². The summed E-state index contributed by atoms with van der Waals surface area (Å²) in [6.07, 6.45) is 1.46. The molecule has 0 aliphatic carbocycles. The number of methoxy groups -OCH3 is 1. The molecule has 0 radical (unpaired) electrons. The lowest BCUT2D eigenvalue weighted by molar-refractivity contribution is -0.121. The summed E-state index contributed by atoms with van der Waals surface area (Å²) in [5, 5.41) is 0. The van der Waals surface area contributed by atoms with Crippen LogP contribution in [0.25, 0.3) is 0 Å². The fourth-order valence-electron chi connectivity index (χ4n) is 4.00. The van der Waals surface area contributed by atoms with Crippen molar-refractivity contribution in [3.8, 4) is 0 Å². The lowest BCUT2D eigenvalue weighted by Gasteiger charge is -2.24. The molecule has 0 spiro atoms. The van der Waals surface area contributed by atoms with Gasteiger partial charge in [0.05, 0.1) is 12.2 Å². The predicted octanol–water partition coefficient (Wildman–Crippen LogP) is 2.30. The molecule has 2 aromatic rings. The van der Waals surface area contributed by atoms with Crippen molar-refractivity contribution < 1.29 is 19.1 Å². The van der Waals surface area contributed by atoms with Crippen LogP contribution in [0.5, 0.6) is 0 Å². The Labute approximate surface area is 205 Å². The number of aromatic amines is 1. The molecule has 0 saturated heterocycles. The number of hydrogen-bond acceptors (Lipinski definition) is 7. The largest absolute Gasteiger partial charge is 0.452 e. The molecule has 0 saturated carbocycles. The molecule has 2 rings (SSSR count). The predicted molar refractivity (Wildman–Crippen MR) is 135 cm³/mol. The SMILES string of the molecule is CCCCn1c(N)c(N(CCOC)C(=O)COC(=O)c2c(C)c(C)c(C)c(C)c2C)c(=O)[nH]c1=O. The van der Waals surface area contributed by atoms with Gasteiger partial charge in [-0.25, -0.2) is 9.59 Å². The van der Waals surface area contributed by atoms with E-state index in [0.717, 1.165) is 39.1 Å². The third-order valence-corrected chi connectivity index (χ3v) is 6.57. The van der Waals surface area contributed by atoms with Crippen molar-refractivity contribution >= 4 is 23.4 Å². The second-order valence-corrected chi connectivity index (χ2v) is 8.61. The molecule has 0 bridgehead atoms. The minimum absolute atomic E-state index is 0.0209. The van der Waals surface area contributed by atoms with Gasteiger partial charge in [-0.1, -0.05) is 13.3 Å².